The van der Waals surface area contributed by atoms with Crippen LogP contribution in [0.3, 0.4) is 0 Å². The lowest BCUT2D eigenvalue weighted by Gasteiger charge is -2.34. The zero-order valence-corrected chi connectivity index (χ0v) is 7.86. The Labute approximate surface area is 73.9 Å². The summed E-state index contributed by atoms with van der Waals surface area (Å²) >= 11 is 0. The summed E-state index contributed by atoms with van der Waals surface area (Å²) in [6, 6.07) is 0. The van der Waals surface area contributed by atoms with Crippen molar-refractivity contribution in [2.45, 2.75) is 38.9 Å². The summed E-state index contributed by atoms with van der Waals surface area (Å²) in [6.07, 6.45) is 2.36. The summed E-state index contributed by atoms with van der Waals surface area (Å²) in [4.78, 5) is 0. The van der Waals surface area contributed by atoms with E-state index in [0.717, 1.165) is 19.4 Å². The van der Waals surface area contributed by atoms with Crippen LogP contribution in [0.25, 0.3) is 0 Å². The van der Waals surface area contributed by atoms with Gasteiger partial charge in [-0.2, -0.15) is 0 Å². The van der Waals surface area contributed by atoms with Crippen molar-refractivity contribution in [2.75, 3.05) is 6.61 Å². The van der Waals surface area contributed by atoms with Gasteiger partial charge in [-0.05, 0) is 30.6 Å². The second-order valence-corrected chi connectivity index (χ2v) is 4.53. The van der Waals surface area contributed by atoms with E-state index >= 15 is 0 Å². The van der Waals surface area contributed by atoms with Crippen LogP contribution in [0.5, 0.6) is 0 Å². The number of aliphatic hydroxyl groups is 1. The molecule has 12 heavy (non-hydrogen) atoms. The van der Waals surface area contributed by atoms with Crippen molar-refractivity contribution in [1.29, 1.82) is 0 Å². The summed E-state index contributed by atoms with van der Waals surface area (Å²) in [5, 5.41) is 9.69. The maximum absolute atomic E-state index is 9.69. The van der Waals surface area contributed by atoms with Gasteiger partial charge in [-0.25, -0.2) is 0 Å². The molecule has 1 saturated carbocycles. The minimum atomic E-state index is -0.0876. The monoisotopic (exact) mass is 170 g/mol. The van der Waals surface area contributed by atoms with Crippen LogP contribution < -0.4 is 0 Å². The molecule has 1 heterocycles. The predicted molar refractivity (Wildman–Crippen MR) is 46.8 cm³/mol. The summed E-state index contributed by atoms with van der Waals surface area (Å²) in [5.74, 6) is 1.70. The van der Waals surface area contributed by atoms with Crippen molar-refractivity contribution in [3.8, 4) is 0 Å². The molecule has 2 rings (SSSR count). The number of rotatable bonds is 0. The Morgan fingerprint density at radius 1 is 1.17 bits per heavy atom. The highest BCUT2D eigenvalue weighted by atomic mass is 16.5. The number of hydrogen-bond donors (Lipinski definition) is 1. The van der Waals surface area contributed by atoms with E-state index in [1.165, 1.54) is 0 Å². The first-order valence-corrected chi connectivity index (χ1v) is 4.98. The van der Waals surface area contributed by atoms with Gasteiger partial charge < -0.3 is 9.84 Å². The van der Waals surface area contributed by atoms with Gasteiger partial charge in [0, 0.05) is 6.61 Å². The summed E-state index contributed by atoms with van der Waals surface area (Å²) in [5.41, 5.74) is 0. The maximum atomic E-state index is 9.69. The molecular weight excluding hydrogens is 152 g/mol. The Morgan fingerprint density at radius 2 is 1.92 bits per heavy atom. The van der Waals surface area contributed by atoms with Gasteiger partial charge in [-0.1, -0.05) is 13.8 Å². The second kappa shape index (κ2) is 3.00. The molecule has 1 N–H and O–H groups in total. The topological polar surface area (TPSA) is 29.5 Å². The normalized spacial score (nSPS) is 53.8. The van der Waals surface area contributed by atoms with Crippen LogP contribution in [0, 0.1) is 17.8 Å². The van der Waals surface area contributed by atoms with Gasteiger partial charge >= 0.3 is 0 Å². The Kier molecular flexibility index (Phi) is 2.13. The van der Waals surface area contributed by atoms with Crippen molar-refractivity contribution in [1.82, 2.24) is 0 Å². The Bertz CT molecular complexity index is 169. The lowest BCUT2D eigenvalue weighted by molar-refractivity contribution is -0.0162. The van der Waals surface area contributed by atoms with Crippen LogP contribution >= 0.6 is 0 Å². The lowest BCUT2D eigenvalue weighted by Crippen LogP contribution is -2.36. The van der Waals surface area contributed by atoms with Gasteiger partial charge in [0.15, 0.2) is 0 Å². The van der Waals surface area contributed by atoms with Crippen LogP contribution in [-0.4, -0.2) is 23.9 Å². The molecule has 2 nitrogen and oxygen atoms in total. The summed E-state index contributed by atoms with van der Waals surface area (Å²) < 4.78 is 5.68. The number of fused-ring (bicyclic) bond motifs is 1. The summed E-state index contributed by atoms with van der Waals surface area (Å²) in [6.45, 7) is 5.25. The fourth-order valence-electron chi connectivity index (χ4n) is 2.55. The van der Waals surface area contributed by atoms with E-state index in [4.69, 9.17) is 4.74 Å². The molecule has 2 fully saturated rings. The second-order valence-electron chi connectivity index (χ2n) is 4.53. The summed E-state index contributed by atoms with van der Waals surface area (Å²) in [7, 11) is 0. The fraction of sp³-hybridized carbons (Fsp3) is 1.00. The van der Waals surface area contributed by atoms with Crippen molar-refractivity contribution >= 4 is 0 Å². The van der Waals surface area contributed by atoms with Gasteiger partial charge in [-0.15, -0.1) is 0 Å². The molecule has 0 unspecified atom stereocenters. The SMILES string of the molecule is C[C@@H]1C[C@H]2OC[C@H](C)[C@H]2C[C@@H]1O. The Hall–Kier alpha value is -0.0800. The molecule has 1 saturated heterocycles. The van der Waals surface area contributed by atoms with Crippen LogP contribution in [0.2, 0.25) is 0 Å². The van der Waals surface area contributed by atoms with Crippen LogP contribution in [0.15, 0.2) is 0 Å². The van der Waals surface area contributed by atoms with E-state index < -0.39 is 0 Å². The molecule has 0 bridgehead atoms. The highest BCUT2D eigenvalue weighted by molar-refractivity contribution is 4.90. The van der Waals surface area contributed by atoms with Crippen LogP contribution in [-0.2, 0) is 4.74 Å². The van der Waals surface area contributed by atoms with E-state index in [-0.39, 0.29) is 6.10 Å². The third kappa shape index (κ3) is 1.27. The van der Waals surface area contributed by atoms with Crippen LogP contribution in [0.1, 0.15) is 26.7 Å². The molecule has 2 heteroatoms. The number of ether oxygens (including phenoxy) is 1. The molecule has 0 aromatic heterocycles. The predicted octanol–water partition coefficient (Wildman–Crippen LogP) is 1.43. The third-order valence-electron chi connectivity index (χ3n) is 3.56. The van der Waals surface area contributed by atoms with E-state index in [9.17, 15) is 5.11 Å². The zero-order valence-electron chi connectivity index (χ0n) is 7.86. The molecule has 0 aromatic rings. The quantitative estimate of drug-likeness (QED) is 0.596. The van der Waals surface area contributed by atoms with Gasteiger partial charge in [0.05, 0.1) is 12.2 Å². The first-order chi connectivity index (χ1) is 5.68. The van der Waals surface area contributed by atoms with Gasteiger partial charge in [0.2, 0.25) is 0 Å². The maximum Gasteiger partial charge on any atom is 0.0611 e. The molecule has 2 aliphatic rings. The Balaban J connectivity index is 2.04. The molecule has 0 spiro atoms. The largest absolute Gasteiger partial charge is 0.393 e. The average molecular weight is 170 g/mol. The van der Waals surface area contributed by atoms with Gasteiger partial charge in [0.1, 0.15) is 0 Å². The van der Waals surface area contributed by atoms with Crippen molar-refractivity contribution in [2.24, 2.45) is 17.8 Å². The minimum absolute atomic E-state index is 0.0876. The zero-order chi connectivity index (χ0) is 8.72. The molecule has 0 amide bonds. The van der Waals surface area contributed by atoms with Crippen molar-refractivity contribution in [3.05, 3.63) is 0 Å². The van der Waals surface area contributed by atoms with Crippen LogP contribution in [0.4, 0.5) is 0 Å². The smallest absolute Gasteiger partial charge is 0.0611 e. The minimum Gasteiger partial charge on any atom is -0.393 e. The first kappa shape index (κ1) is 8.52. The lowest BCUT2D eigenvalue weighted by atomic mass is 9.75. The molecule has 1 aliphatic carbocycles. The Morgan fingerprint density at radius 3 is 2.67 bits per heavy atom. The van der Waals surface area contributed by atoms with E-state index in [1.807, 2.05) is 0 Å². The molecule has 0 radical (unpaired) electrons. The third-order valence-corrected chi connectivity index (χ3v) is 3.56. The number of aliphatic hydroxyl groups excluding tert-OH is 1. The standard InChI is InChI=1S/C10H18O2/c1-6-3-10-8(4-9(6)11)7(2)5-12-10/h6-11H,3-5H2,1-2H3/t6-,7+,8-,9+,10-/m1/s1. The van der Waals surface area contributed by atoms with Gasteiger partial charge in [0.25, 0.3) is 0 Å². The highest BCUT2D eigenvalue weighted by Crippen LogP contribution is 2.39. The fourth-order valence-corrected chi connectivity index (χ4v) is 2.55. The first-order valence-electron chi connectivity index (χ1n) is 4.98. The molecule has 1 aliphatic heterocycles. The molecule has 5 atom stereocenters. The molecule has 70 valence electrons. The molecular formula is C10H18O2. The number of hydrogen-bond acceptors (Lipinski definition) is 2. The highest BCUT2D eigenvalue weighted by Gasteiger charge is 2.41. The molecule has 0 aromatic carbocycles. The van der Waals surface area contributed by atoms with Crippen molar-refractivity contribution < 1.29 is 9.84 Å². The van der Waals surface area contributed by atoms with Crippen molar-refractivity contribution in [3.63, 3.8) is 0 Å². The van der Waals surface area contributed by atoms with Gasteiger partial charge in [-0.3, -0.25) is 0 Å². The van der Waals surface area contributed by atoms with E-state index in [2.05, 4.69) is 13.8 Å². The van der Waals surface area contributed by atoms with E-state index in [1.54, 1.807) is 0 Å². The van der Waals surface area contributed by atoms with E-state index in [0.29, 0.717) is 23.9 Å². The average Bonchev–Trinajstić information content (AvgIpc) is 2.35.